The lowest BCUT2D eigenvalue weighted by Gasteiger charge is -2.13. The molecule has 0 bridgehead atoms. The molecule has 0 amide bonds. The van der Waals surface area contributed by atoms with Crippen LogP contribution in [0.15, 0.2) is 18.2 Å². The fourth-order valence-corrected chi connectivity index (χ4v) is 1.48. The highest BCUT2D eigenvalue weighted by molar-refractivity contribution is 5.45. The zero-order valence-corrected chi connectivity index (χ0v) is 9.15. The number of nitrogens with two attached hydrogens (primary N) is 1. The molecule has 0 aliphatic heterocycles. The lowest BCUT2D eigenvalue weighted by atomic mass is 10.0. The molecule has 1 atom stereocenters. The van der Waals surface area contributed by atoms with Gasteiger partial charge in [-0.05, 0) is 18.1 Å². The van der Waals surface area contributed by atoms with Crippen molar-refractivity contribution >= 4 is 5.69 Å². The standard InChI is InChI=1S/C10H11F3N2O3/c11-10(12,13)7-2-1-6(8(14)3-4-16)5-9(7)15(17)18/h1-2,5,8,16H,3-4,14H2/t8-/m0/s1. The minimum absolute atomic E-state index is 0.114. The van der Waals surface area contributed by atoms with E-state index in [1.54, 1.807) is 0 Å². The fourth-order valence-electron chi connectivity index (χ4n) is 1.48. The Bertz CT molecular complexity index is 448. The third-order valence-electron chi connectivity index (χ3n) is 2.39. The average molecular weight is 264 g/mol. The summed E-state index contributed by atoms with van der Waals surface area (Å²) in [6, 6.07) is 1.76. The first-order chi connectivity index (χ1) is 8.27. The summed E-state index contributed by atoms with van der Waals surface area (Å²) >= 11 is 0. The third kappa shape index (κ3) is 3.17. The van der Waals surface area contributed by atoms with Crippen LogP contribution in [0.2, 0.25) is 0 Å². The van der Waals surface area contributed by atoms with Crippen LogP contribution in [-0.4, -0.2) is 16.6 Å². The van der Waals surface area contributed by atoms with Crippen LogP contribution in [0.1, 0.15) is 23.6 Å². The first-order valence-corrected chi connectivity index (χ1v) is 4.99. The van der Waals surface area contributed by atoms with E-state index in [1.807, 2.05) is 0 Å². The van der Waals surface area contributed by atoms with Crippen molar-refractivity contribution in [3.05, 3.63) is 39.4 Å². The summed E-state index contributed by atoms with van der Waals surface area (Å²) in [5.41, 5.74) is 3.41. The second-order valence-electron chi connectivity index (χ2n) is 3.65. The normalized spacial score (nSPS) is 13.4. The summed E-state index contributed by atoms with van der Waals surface area (Å²) in [6.45, 7) is -0.254. The lowest BCUT2D eigenvalue weighted by Crippen LogP contribution is -2.14. The van der Waals surface area contributed by atoms with Gasteiger partial charge < -0.3 is 10.8 Å². The van der Waals surface area contributed by atoms with Crippen LogP contribution in [0.25, 0.3) is 0 Å². The summed E-state index contributed by atoms with van der Waals surface area (Å²) in [5.74, 6) is 0. The minimum Gasteiger partial charge on any atom is -0.396 e. The van der Waals surface area contributed by atoms with Crippen molar-refractivity contribution in [3.63, 3.8) is 0 Å². The topological polar surface area (TPSA) is 89.4 Å². The molecule has 0 aromatic heterocycles. The van der Waals surface area contributed by atoms with Crippen LogP contribution in [-0.2, 0) is 6.18 Å². The van der Waals surface area contributed by atoms with Gasteiger partial charge in [0.05, 0.1) is 4.92 Å². The molecule has 0 heterocycles. The molecule has 18 heavy (non-hydrogen) atoms. The number of rotatable bonds is 4. The Morgan fingerprint density at radius 1 is 1.44 bits per heavy atom. The molecule has 0 aliphatic rings. The summed E-state index contributed by atoms with van der Waals surface area (Å²) in [7, 11) is 0. The number of aliphatic hydroxyl groups excluding tert-OH is 1. The Balaban J connectivity index is 3.24. The van der Waals surface area contributed by atoms with Crippen molar-refractivity contribution in [3.8, 4) is 0 Å². The predicted octanol–water partition coefficient (Wildman–Crippen LogP) is 2.00. The molecule has 0 saturated heterocycles. The molecule has 0 saturated carbocycles. The van der Waals surface area contributed by atoms with Crippen molar-refractivity contribution in [2.45, 2.75) is 18.6 Å². The summed E-state index contributed by atoms with van der Waals surface area (Å²) in [4.78, 5) is 9.52. The molecule has 100 valence electrons. The van der Waals surface area contributed by atoms with Gasteiger partial charge in [-0.15, -0.1) is 0 Å². The fraction of sp³-hybridized carbons (Fsp3) is 0.400. The van der Waals surface area contributed by atoms with Crippen molar-refractivity contribution in [1.82, 2.24) is 0 Å². The maximum absolute atomic E-state index is 12.5. The highest BCUT2D eigenvalue weighted by atomic mass is 19.4. The smallest absolute Gasteiger partial charge is 0.396 e. The van der Waals surface area contributed by atoms with E-state index in [0.29, 0.717) is 6.07 Å². The summed E-state index contributed by atoms with van der Waals surface area (Å²) < 4.78 is 37.5. The van der Waals surface area contributed by atoms with Crippen molar-refractivity contribution in [1.29, 1.82) is 0 Å². The van der Waals surface area contributed by atoms with Gasteiger partial charge in [-0.1, -0.05) is 6.07 Å². The zero-order chi connectivity index (χ0) is 13.9. The Labute approximate surface area is 100 Å². The van der Waals surface area contributed by atoms with Gasteiger partial charge in [0, 0.05) is 18.7 Å². The van der Waals surface area contributed by atoms with Crippen LogP contribution < -0.4 is 5.73 Å². The molecule has 0 spiro atoms. The maximum Gasteiger partial charge on any atom is 0.422 e. The van der Waals surface area contributed by atoms with E-state index in [2.05, 4.69) is 0 Å². The first-order valence-electron chi connectivity index (χ1n) is 4.99. The zero-order valence-electron chi connectivity index (χ0n) is 9.15. The van der Waals surface area contributed by atoms with Gasteiger partial charge in [-0.2, -0.15) is 13.2 Å². The Kier molecular flexibility index (Phi) is 4.25. The third-order valence-corrected chi connectivity index (χ3v) is 2.39. The Hall–Kier alpha value is -1.67. The maximum atomic E-state index is 12.5. The van der Waals surface area contributed by atoms with E-state index < -0.39 is 28.4 Å². The number of halogens is 3. The highest BCUT2D eigenvalue weighted by Crippen LogP contribution is 2.37. The van der Waals surface area contributed by atoms with Gasteiger partial charge in [-0.3, -0.25) is 10.1 Å². The Morgan fingerprint density at radius 3 is 2.50 bits per heavy atom. The number of nitro groups is 1. The number of aliphatic hydroxyl groups is 1. The molecule has 1 rings (SSSR count). The van der Waals surface area contributed by atoms with E-state index in [9.17, 15) is 23.3 Å². The molecule has 3 N–H and O–H groups in total. The summed E-state index contributed by atoms with van der Waals surface area (Å²) in [6.07, 6.45) is -4.68. The van der Waals surface area contributed by atoms with E-state index in [4.69, 9.17) is 10.8 Å². The SMILES string of the molecule is N[C@@H](CCO)c1ccc(C(F)(F)F)c([N+](=O)[O-])c1. The molecule has 0 aliphatic carbocycles. The van der Waals surface area contributed by atoms with Crippen LogP contribution >= 0.6 is 0 Å². The molecule has 1 aromatic rings. The van der Waals surface area contributed by atoms with Gasteiger partial charge in [0.2, 0.25) is 0 Å². The molecule has 0 unspecified atom stereocenters. The van der Waals surface area contributed by atoms with E-state index in [0.717, 1.165) is 12.1 Å². The molecule has 5 nitrogen and oxygen atoms in total. The molecular formula is C10H11F3N2O3. The van der Waals surface area contributed by atoms with E-state index in [1.165, 1.54) is 0 Å². The molecule has 8 heteroatoms. The first kappa shape index (κ1) is 14.4. The van der Waals surface area contributed by atoms with Crippen LogP contribution in [0.3, 0.4) is 0 Å². The minimum atomic E-state index is -4.79. The highest BCUT2D eigenvalue weighted by Gasteiger charge is 2.38. The number of benzene rings is 1. The molecule has 1 aromatic carbocycles. The molecular weight excluding hydrogens is 253 g/mol. The average Bonchev–Trinajstić information content (AvgIpc) is 2.27. The van der Waals surface area contributed by atoms with Crippen molar-refractivity contribution in [2.75, 3.05) is 6.61 Å². The molecule has 0 radical (unpaired) electrons. The second kappa shape index (κ2) is 5.32. The van der Waals surface area contributed by atoms with Gasteiger partial charge in [0.15, 0.2) is 0 Å². The lowest BCUT2D eigenvalue weighted by molar-refractivity contribution is -0.388. The number of nitrogens with zero attached hydrogens (tertiary/aromatic N) is 1. The van der Waals surface area contributed by atoms with Crippen LogP contribution in [0.5, 0.6) is 0 Å². The molecule has 0 fully saturated rings. The summed E-state index contributed by atoms with van der Waals surface area (Å²) in [5, 5.41) is 19.3. The Morgan fingerprint density at radius 2 is 2.06 bits per heavy atom. The van der Waals surface area contributed by atoms with Gasteiger partial charge in [-0.25, -0.2) is 0 Å². The van der Waals surface area contributed by atoms with Gasteiger partial charge in [0.1, 0.15) is 5.56 Å². The van der Waals surface area contributed by atoms with Crippen LogP contribution in [0.4, 0.5) is 18.9 Å². The van der Waals surface area contributed by atoms with Crippen molar-refractivity contribution in [2.24, 2.45) is 5.73 Å². The van der Waals surface area contributed by atoms with Crippen LogP contribution in [0, 0.1) is 10.1 Å². The predicted molar refractivity (Wildman–Crippen MR) is 56.7 cm³/mol. The van der Waals surface area contributed by atoms with Gasteiger partial charge >= 0.3 is 6.18 Å². The quantitative estimate of drug-likeness (QED) is 0.642. The second-order valence-corrected chi connectivity index (χ2v) is 3.65. The van der Waals surface area contributed by atoms with Gasteiger partial charge in [0.25, 0.3) is 5.69 Å². The number of nitro benzene ring substituents is 1. The largest absolute Gasteiger partial charge is 0.422 e. The number of hydrogen-bond donors (Lipinski definition) is 2. The van der Waals surface area contributed by atoms with E-state index in [-0.39, 0.29) is 18.6 Å². The number of alkyl halides is 3. The monoisotopic (exact) mass is 264 g/mol. The van der Waals surface area contributed by atoms with E-state index >= 15 is 0 Å². The van der Waals surface area contributed by atoms with Crippen molar-refractivity contribution < 1.29 is 23.2 Å². The number of hydrogen-bond acceptors (Lipinski definition) is 4.